The normalized spacial score (nSPS) is 10.0. The Kier molecular flexibility index (Phi) is 4.55. The molecule has 0 saturated heterocycles. The van der Waals surface area contributed by atoms with E-state index >= 15 is 0 Å². The summed E-state index contributed by atoms with van der Waals surface area (Å²) in [5, 5.41) is 8.38. The van der Waals surface area contributed by atoms with Gasteiger partial charge in [0.2, 0.25) is 0 Å². The van der Waals surface area contributed by atoms with Crippen molar-refractivity contribution in [2.45, 2.75) is 13.8 Å². The van der Waals surface area contributed by atoms with Crippen LogP contribution in [0, 0.1) is 6.92 Å². The highest BCUT2D eigenvalue weighted by Gasteiger charge is 2.15. The van der Waals surface area contributed by atoms with E-state index in [1.165, 1.54) is 6.07 Å². The number of aromatic nitrogens is 1. The van der Waals surface area contributed by atoms with Crippen LogP contribution in [0.3, 0.4) is 0 Å². The summed E-state index contributed by atoms with van der Waals surface area (Å²) >= 11 is 0. The van der Waals surface area contributed by atoms with E-state index in [0.29, 0.717) is 23.8 Å². The van der Waals surface area contributed by atoms with Crippen LogP contribution in [-0.2, 0) is 9.59 Å². The first-order valence-electron chi connectivity index (χ1n) is 6.37. The average Bonchev–Trinajstić information content (AvgIpc) is 2.86. The van der Waals surface area contributed by atoms with E-state index in [-0.39, 0.29) is 5.82 Å². The van der Waals surface area contributed by atoms with Gasteiger partial charge in [-0.25, -0.2) is 0 Å². The van der Waals surface area contributed by atoms with Gasteiger partial charge in [-0.15, -0.1) is 0 Å². The van der Waals surface area contributed by atoms with E-state index in [4.69, 9.17) is 9.26 Å². The molecule has 0 aliphatic heterocycles. The Morgan fingerprint density at radius 2 is 1.86 bits per heavy atom. The van der Waals surface area contributed by atoms with Gasteiger partial charge in [-0.2, -0.15) is 0 Å². The zero-order chi connectivity index (χ0) is 15.2. The molecule has 7 nitrogen and oxygen atoms in total. The van der Waals surface area contributed by atoms with Gasteiger partial charge < -0.3 is 14.6 Å². The topological polar surface area (TPSA) is 93.5 Å². The number of aryl methyl sites for hydroxylation is 1. The van der Waals surface area contributed by atoms with Gasteiger partial charge in [-0.3, -0.25) is 14.9 Å². The van der Waals surface area contributed by atoms with Crippen molar-refractivity contribution in [1.82, 2.24) is 5.16 Å². The molecule has 2 amide bonds. The Morgan fingerprint density at radius 3 is 2.43 bits per heavy atom. The third-order valence-corrected chi connectivity index (χ3v) is 2.50. The number of hydrogen-bond acceptors (Lipinski definition) is 5. The number of ether oxygens (including phenoxy) is 1. The Labute approximate surface area is 121 Å². The van der Waals surface area contributed by atoms with Crippen LogP contribution in [0.2, 0.25) is 0 Å². The third kappa shape index (κ3) is 4.07. The maximum atomic E-state index is 11.7. The maximum absolute atomic E-state index is 11.7. The predicted molar refractivity (Wildman–Crippen MR) is 76.1 cm³/mol. The quantitative estimate of drug-likeness (QED) is 0.839. The Bertz CT molecular complexity index is 634. The first-order chi connectivity index (χ1) is 10.1. The molecule has 0 bridgehead atoms. The lowest BCUT2D eigenvalue weighted by Crippen LogP contribution is -2.29. The monoisotopic (exact) mass is 289 g/mol. The van der Waals surface area contributed by atoms with Gasteiger partial charge in [0.15, 0.2) is 5.82 Å². The van der Waals surface area contributed by atoms with E-state index < -0.39 is 11.8 Å². The Morgan fingerprint density at radius 1 is 1.19 bits per heavy atom. The van der Waals surface area contributed by atoms with Crippen molar-refractivity contribution in [3.05, 3.63) is 36.1 Å². The molecule has 0 aliphatic rings. The number of carbonyl (C=O) groups excluding carboxylic acids is 2. The van der Waals surface area contributed by atoms with E-state index in [1.807, 2.05) is 6.92 Å². The zero-order valence-corrected chi connectivity index (χ0v) is 11.7. The van der Waals surface area contributed by atoms with Crippen molar-refractivity contribution in [2.24, 2.45) is 0 Å². The van der Waals surface area contributed by atoms with Gasteiger partial charge in [0.05, 0.1) is 6.61 Å². The summed E-state index contributed by atoms with van der Waals surface area (Å²) in [5.41, 5.74) is 0.495. The molecule has 110 valence electrons. The molecule has 21 heavy (non-hydrogen) atoms. The standard InChI is InChI=1S/C14H15N3O4/c1-3-20-11-6-4-10(5-7-11)15-13(18)14(19)16-12-8-9(2)21-17-12/h4-8H,3H2,1-2H3,(H,15,18)(H,16,17,19). The molecule has 0 spiro atoms. The summed E-state index contributed by atoms with van der Waals surface area (Å²) in [4.78, 5) is 23.4. The van der Waals surface area contributed by atoms with Gasteiger partial charge in [0, 0.05) is 11.8 Å². The SMILES string of the molecule is CCOc1ccc(NC(=O)C(=O)Nc2cc(C)on2)cc1. The molecule has 7 heteroatoms. The highest BCUT2D eigenvalue weighted by molar-refractivity contribution is 6.43. The second-order valence-corrected chi connectivity index (χ2v) is 4.19. The van der Waals surface area contributed by atoms with Crippen LogP contribution in [-0.4, -0.2) is 23.6 Å². The average molecular weight is 289 g/mol. The minimum absolute atomic E-state index is 0.194. The number of amides is 2. The maximum Gasteiger partial charge on any atom is 0.315 e. The van der Waals surface area contributed by atoms with Crippen molar-refractivity contribution in [1.29, 1.82) is 0 Å². The molecule has 0 aliphatic carbocycles. The van der Waals surface area contributed by atoms with Crippen molar-refractivity contribution in [2.75, 3.05) is 17.2 Å². The predicted octanol–water partition coefficient (Wildman–Crippen LogP) is 1.96. The second kappa shape index (κ2) is 6.56. The number of rotatable bonds is 4. The van der Waals surface area contributed by atoms with E-state index in [0.717, 1.165) is 0 Å². The lowest BCUT2D eigenvalue weighted by Gasteiger charge is -2.06. The summed E-state index contributed by atoms with van der Waals surface area (Å²) in [6, 6.07) is 8.23. The van der Waals surface area contributed by atoms with E-state index in [1.54, 1.807) is 31.2 Å². The third-order valence-electron chi connectivity index (χ3n) is 2.50. The Hall–Kier alpha value is -2.83. The van der Waals surface area contributed by atoms with Crippen LogP contribution in [0.25, 0.3) is 0 Å². The summed E-state index contributed by atoms with van der Waals surface area (Å²) in [6.07, 6.45) is 0. The molecule has 0 fully saturated rings. The summed E-state index contributed by atoms with van der Waals surface area (Å²) in [7, 11) is 0. The number of nitrogens with zero attached hydrogens (tertiary/aromatic N) is 1. The fraction of sp³-hybridized carbons (Fsp3) is 0.214. The number of anilines is 2. The molecule has 1 aromatic carbocycles. The summed E-state index contributed by atoms with van der Waals surface area (Å²) < 4.78 is 10.1. The fourth-order valence-corrected chi connectivity index (χ4v) is 1.59. The van der Waals surface area contributed by atoms with Crippen molar-refractivity contribution < 1.29 is 18.8 Å². The van der Waals surface area contributed by atoms with Crippen LogP contribution in [0.15, 0.2) is 34.9 Å². The number of hydrogen-bond donors (Lipinski definition) is 2. The fourth-order valence-electron chi connectivity index (χ4n) is 1.59. The summed E-state index contributed by atoms with van der Waals surface area (Å²) in [6.45, 7) is 4.12. The van der Waals surface area contributed by atoms with Crippen LogP contribution < -0.4 is 15.4 Å². The molecule has 1 aromatic heterocycles. The van der Waals surface area contributed by atoms with Crippen molar-refractivity contribution >= 4 is 23.3 Å². The zero-order valence-electron chi connectivity index (χ0n) is 11.7. The first-order valence-corrected chi connectivity index (χ1v) is 6.37. The molecule has 1 heterocycles. The molecule has 2 N–H and O–H groups in total. The number of nitrogens with one attached hydrogen (secondary N) is 2. The lowest BCUT2D eigenvalue weighted by atomic mass is 10.3. The lowest BCUT2D eigenvalue weighted by molar-refractivity contribution is -0.133. The van der Waals surface area contributed by atoms with Gasteiger partial charge in [-0.1, -0.05) is 5.16 Å². The molecule has 0 saturated carbocycles. The van der Waals surface area contributed by atoms with Crippen LogP contribution in [0.5, 0.6) is 5.75 Å². The molecule has 0 atom stereocenters. The highest BCUT2D eigenvalue weighted by atomic mass is 16.5. The van der Waals surface area contributed by atoms with Gasteiger partial charge in [-0.05, 0) is 38.1 Å². The van der Waals surface area contributed by atoms with Crippen LogP contribution in [0.1, 0.15) is 12.7 Å². The first kappa shape index (κ1) is 14.6. The van der Waals surface area contributed by atoms with Crippen LogP contribution >= 0.6 is 0 Å². The summed E-state index contributed by atoms with van der Waals surface area (Å²) in [5.74, 6) is -0.188. The van der Waals surface area contributed by atoms with Crippen LogP contribution in [0.4, 0.5) is 11.5 Å². The van der Waals surface area contributed by atoms with Crippen molar-refractivity contribution in [3.8, 4) is 5.75 Å². The minimum atomic E-state index is -0.822. The molecular formula is C14H15N3O4. The van der Waals surface area contributed by atoms with E-state index in [9.17, 15) is 9.59 Å². The second-order valence-electron chi connectivity index (χ2n) is 4.19. The van der Waals surface area contributed by atoms with Crippen molar-refractivity contribution in [3.63, 3.8) is 0 Å². The number of carbonyl (C=O) groups is 2. The van der Waals surface area contributed by atoms with Gasteiger partial charge in [0.1, 0.15) is 11.5 Å². The molecule has 0 unspecified atom stereocenters. The molecular weight excluding hydrogens is 274 g/mol. The largest absolute Gasteiger partial charge is 0.494 e. The number of benzene rings is 1. The molecule has 0 radical (unpaired) electrons. The van der Waals surface area contributed by atoms with Gasteiger partial charge in [0.25, 0.3) is 0 Å². The Balaban J connectivity index is 1.92. The minimum Gasteiger partial charge on any atom is -0.494 e. The molecule has 2 rings (SSSR count). The highest BCUT2D eigenvalue weighted by Crippen LogP contribution is 2.15. The molecule has 2 aromatic rings. The smallest absolute Gasteiger partial charge is 0.315 e. The van der Waals surface area contributed by atoms with E-state index in [2.05, 4.69) is 15.8 Å². The van der Waals surface area contributed by atoms with Gasteiger partial charge >= 0.3 is 11.8 Å².